The van der Waals surface area contributed by atoms with Gasteiger partial charge in [-0.3, -0.25) is 14.4 Å². The molecule has 0 radical (unpaired) electrons. The van der Waals surface area contributed by atoms with Crippen molar-refractivity contribution in [3.05, 3.63) is 77.9 Å². The summed E-state index contributed by atoms with van der Waals surface area (Å²) < 4.78 is 10.6. The summed E-state index contributed by atoms with van der Waals surface area (Å²) in [6, 6.07) is 13.3. The Morgan fingerprint density at radius 2 is 1.82 bits per heavy atom. The summed E-state index contributed by atoms with van der Waals surface area (Å²) >= 11 is 0. The molecule has 1 fully saturated rings. The predicted molar refractivity (Wildman–Crippen MR) is 122 cm³/mol. The van der Waals surface area contributed by atoms with Gasteiger partial charge < -0.3 is 24.4 Å². The van der Waals surface area contributed by atoms with Crippen molar-refractivity contribution < 1.29 is 29.0 Å². The number of amides is 2. The Balaban J connectivity index is 1.94. The third-order valence-corrected chi connectivity index (χ3v) is 5.95. The van der Waals surface area contributed by atoms with Gasteiger partial charge in [0.25, 0.3) is 17.6 Å². The lowest BCUT2D eigenvalue weighted by molar-refractivity contribution is -0.144. The van der Waals surface area contributed by atoms with E-state index in [2.05, 4.69) is 6.58 Å². The second kappa shape index (κ2) is 8.55. The molecule has 8 nitrogen and oxygen atoms in total. The monoisotopic (exact) mass is 448 g/mol. The molecule has 1 N–H and O–H groups in total. The molecule has 170 valence electrons. The highest BCUT2D eigenvalue weighted by atomic mass is 16.5. The predicted octanol–water partition coefficient (Wildman–Crippen LogP) is 2.45. The van der Waals surface area contributed by atoms with E-state index in [0.717, 1.165) is 0 Å². The largest absolute Gasteiger partial charge is 0.507 e. The minimum absolute atomic E-state index is 0.0000979. The van der Waals surface area contributed by atoms with Crippen LogP contribution in [-0.4, -0.2) is 61.5 Å². The molecule has 2 aromatic rings. The summed E-state index contributed by atoms with van der Waals surface area (Å²) in [5.74, 6) is -2.16. The van der Waals surface area contributed by atoms with Gasteiger partial charge in [0.2, 0.25) is 0 Å². The average molecular weight is 448 g/mol. The number of para-hydroxylation sites is 1. The molecule has 0 bridgehead atoms. The number of carbonyl (C=O) groups excluding carboxylic acids is 3. The van der Waals surface area contributed by atoms with Gasteiger partial charge in [0, 0.05) is 37.5 Å². The number of aliphatic hydroxyl groups excluding tert-OH is 1. The molecule has 8 heteroatoms. The molecule has 2 aliphatic rings. The number of methoxy groups -OCH3 is 1. The maximum absolute atomic E-state index is 13.7. The summed E-state index contributed by atoms with van der Waals surface area (Å²) in [7, 11) is 3.05. The van der Waals surface area contributed by atoms with Crippen LogP contribution in [0.25, 0.3) is 5.76 Å². The lowest BCUT2D eigenvalue weighted by atomic mass is 9.82. The number of hydrogen-bond acceptors (Lipinski definition) is 6. The zero-order chi connectivity index (χ0) is 23.8. The second-order valence-corrected chi connectivity index (χ2v) is 7.72. The molecule has 2 heterocycles. The van der Waals surface area contributed by atoms with E-state index in [1.807, 2.05) is 0 Å². The Bertz CT molecular complexity index is 1170. The number of fused-ring (bicyclic) bond motifs is 2. The van der Waals surface area contributed by atoms with Gasteiger partial charge in [-0.05, 0) is 30.3 Å². The third kappa shape index (κ3) is 3.22. The molecule has 4 rings (SSSR count). The molecule has 1 atom stereocenters. The van der Waals surface area contributed by atoms with Crippen molar-refractivity contribution in [2.45, 2.75) is 5.54 Å². The highest BCUT2D eigenvalue weighted by Gasteiger charge is 2.66. The quantitative estimate of drug-likeness (QED) is 0.303. The Kier molecular flexibility index (Phi) is 5.78. The molecule has 33 heavy (non-hydrogen) atoms. The summed E-state index contributed by atoms with van der Waals surface area (Å²) in [6.45, 7) is 4.03. The Morgan fingerprint density at radius 1 is 1.12 bits per heavy atom. The van der Waals surface area contributed by atoms with E-state index in [4.69, 9.17) is 9.47 Å². The lowest BCUT2D eigenvalue weighted by Crippen LogP contribution is -2.52. The maximum Gasteiger partial charge on any atom is 0.296 e. The van der Waals surface area contributed by atoms with E-state index in [1.54, 1.807) is 61.7 Å². The van der Waals surface area contributed by atoms with Crippen LogP contribution in [0.5, 0.6) is 5.75 Å². The number of aliphatic hydroxyl groups is 1. The van der Waals surface area contributed by atoms with Crippen LogP contribution in [0.2, 0.25) is 0 Å². The molecular formula is C25H24N2O6. The minimum Gasteiger partial charge on any atom is -0.507 e. The van der Waals surface area contributed by atoms with Gasteiger partial charge in [0.05, 0.1) is 12.2 Å². The number of hydrogen-bond donors (Lipinski definition) is 1. The molecule has 2 amide bonds. The number of nitrogens with zero attached hydrogens (tertiary/aromatic N) is 2. The number of rotatable bonds is 7. The van der Waals surface area contributed by atoms with Crippen LogP contribution in [-0.2, 0) is 24.7 Å². The number of likely N-dealkylation sites (tertiary alicyclic amines) is 1. The summed E-state index contributed by atoms with van der Waals surface area (Å²) in [5.41, 5.74) is -0.735. The van der Waals surface area contributed by atoms with E-state index in [1.165, 1.54) is 16.9 Å². The number of likely N-dealkylation sites (N-methyl/N-ethyl adjacent to an activating group) is 1. The number of carbonyl (C=O) groups is 3. The van der Waals surface area contributed by atoms with Crippen molar-refractivity contribution in [2.75, 3.05) is 38.8 Å². The van der Waals surface area contributed by atoms with E-state index in [9.17, 15) is 19.5 Å². The Morgan fingerprint density at radius 3 is 2.48 bits per heavy atom. The smallest absolute Gasteiger partial charge is 0.296 e. The number of anilines is 1. The van der Waals surface area contributed by atoms with Crippen molar-refractivity contribution in [3.63, 3.8) is 0 Å². The first-order valence-corrected chi connectivity index (χ1v) is 10.4. The van der Waals surface area contributed by atoms with Gasteiger partial charge in [-0.15, -0.1) is 0 Å². The fourth-order valence-corrected chi connectivity index (χ4v) is 4.46. The van der Waals surface area contributed by atoms with Crippen LogP contribution in [0.15, 0.2) is 66.8 Å². The summed E-state index contributed by atoms with van der Waals surface area (Å²) in [5, 5.41) is 11.3. The number of benzene rings is 2. The van der Waals surface area contributed by atoms with Crippen LogP contribution in [0.4, 0.5) is 5.69 Å². The van der Waals surface area contributed by atoms with Gasteiger partial charge in [0.15, 0.2) is 5.54 Å². The van der Waals surface area contributed by atoms with Gasteiger partial charge in [-0.1, -0.05) is 30.9 Å². The van der Waals surface area contributed by atoms with Crippen molar-refractivity contribution >= 4 is 29.0 Å². The van der Waals surface area contributed by atoms with Gasteiger partial charge >= 0.3 is 0 Å². The highest BCUT2D eigenvalue weighted by molar-refractivity contribution is 6.50. The third-order valence-electron chi connectivity index (χ3n) is 5.95. The molecular weight excluding hydrogens is 424 g/mol. The summed E-state index contributed by atoms with van der Waals surface area (Å²) in [6.07, 6.45) is 1.61. The van der Waals surface area contributed by atoms with Crippen LogP contribution in [0, 0.1) is 0 Å². The van der Waals surface area contributed by atoms with E-state index >= 15 is 0 Å². The lowest BCUT2D eigenvalue weighted by Gasteiger charge is -2.34. The second-order valence-electron chi connectivity index (χ2n) is 7.72. The number of ether oxygens (including phenoxy) is 2. The first kappa shape index (κ1) is 22.3. The standard InChI is InChI=1S/C25H24N2O6/c1-4-14-33-17-11-9-16(10-12-17)21(28)20-22(29)23(30)27(13-15-32-3)25(20)18-7-5-6-8-19(18)26(2)24(25)31/h4-12,28H,1,13-15H2,2-3H3. The molecule has 1 saturated heterocycles. The molecule has 1 unspecified atom stereocenters. The molecule has 2 aliphatic heterocycles. The average Bonchev–Trinajstić information content (AvgIpc) is 3.19. The van der Waals surface area contributed by atoms with E-state index < -0.39 is 28.9 Å². The fourth-order valence-electron chi connectivity index (χ4n) is 4.46. The number of Topliss-reactive ketones (excluding diaryl/α,β-unsaturated/α-hetero) is 1. The zero-order valence-electron chi connectivity index (χ0n) is 18.4. The van der Waals surface area contributed by atoms with Crippen LogP contribution >= 0.6 is 0 Å². The van der Waals surface area contributed by atoms with Crippen molar-refractivity contribution in [2.24, 2.45) is 0 Å². The maximum atomic E-state index is 13.7. The van der Waals surface area contributed by atoms with Crippen molar-refractivity contribution in [1.29, 1.82) is 0 Å². The number of ketones is 1. The van der Waals surface area contributed by atoms with Gasteiger partial charge in [0.1, 0.15) is 18.1 Å². The fraction of sp³-hybridized carbons (Fsp3) is 0.240. The van der Waals surface area contributed by atoms with E-state index in [-0.39, 0.29) is 24.3 Å². The molecule has 2 aromatic carbocycles. The summed E-state index contributed by atoms with van der Waals surface area (Å²) in [4.78, 5) is 42.7. The van der Waals surface area contributed by atoms with Gasteiger partial charge in [-0.25, -0.2) is 0 Å². The Hall–Kier alpha value is -3.91. The molecule has 0 saturated carbocycles. The SMILES string of the molecule is C=CCOc1ccc(C(O)=C2C(=O)C(=O)N(CCOC)C23C(=O)N(C)c2ccccc23)cc1. The zero-order valence-corrected chi connectivity index (χ0v) is 18.4. The molecule has 1 spiro atoms. The normalized spacial score (nSPS) is 21.1. The van der Waals surface area contributed by atoms with Gasteiger partial charge in [-0.2, -0.15) is 0 Å². The van der Waals surface area contributed by atoms with Crippen molar-refractivity contribution in [3.8, 4) is 5.75 Å². The van der Waals surface area contributed by atoms with E-state index in [0.29, 0.717) is 23.6 Å². The van der Waals surface area contributed by atoms with Crippen molar-refractivity contribution in [1.82, 2.24) is 4.90 Å². The topological polar surface area (TPSA) is 96.4 Å². The minimum atomic E-state index is -1.78. The highest BCUT2D eigenvalue weighted by Crippen LogP contribution is 2.53. The Labute approximate surface area is 191 Å². The first-order chi connectivity index (χ1) is 15.9. The first-order valence-electron chi connectivity index (χ1n) is 10.4. The van der Waals surface area contributed by atoms with Crippen LogP contribution < -0.4 is 9.64 Å². The molecule has 0 aliphatic carbocycles. The molecule has 0 aromatic heterocycles. The van der Waals surface area contributed by atoms with Crippen LogP contribution in [0.1, 0.15) is 11.1 Å². The van der Waals surface area contributed by atoms with Crippen LogP contribution in [0.3, 0.4) is 0 Å².